The SMILES string of the molecule is Cc1cnc(Cl)c(NS(=O)(=O)N2CCN(C)CC2)c1. The number of aryl methyl sites for hydroxylation is 1. The van der Waals surface area contributed by atoms with Crippen molar-refractivity contribution in [3.63, 3.8) is 0 Å². The van der Waals surface area contributed by atoms with Gasteiger partial charge < -0.3 is 4.90 Å². The summed E-state index contributed by atoms with van der Waals surface area (Å²) in [5.74, 6) is 0. The molecule has 2 heterocycles. The van der Waals surface area contributed by atoms with Crippen molar-refractivity contribution < 1.29 is 8.42 Å². The maximum atomic E-state index is 12.2. The van der Waals surface area contributed by atoms with Crippen molar-refractivity contribution in [3.05, 3.63) is 23.0 Å². The predicted molar refractivity (Wildman–Crippen MR) is 75.6 cm³/mol. The smallest absolute Gasteiger partial charge is 0.301 e. The molecule has 1 N–H and O–H groups in total. The zero-order valence-electron chi connectivity index (χ0n) is 10.9. The van der Waals surface area contributed by atoms with E-state index in [1.807, 2.05) is 14.0 Å². The van der Waals surface area contributed by atoms with Gasteiger partial charge in [0.05, 0.1) is 5.69 Å². The number of anilines is 1. The molecule has 1 fully saturated rings. The Morgan fingerprint density at radius 1 is 1.32 bits per heavy atom. The van der Waals surface area contributed by atoms with Crippen LogP contribution in [0, 0.1) is 6.92 Å². The van der Waals surface area contributed by atoms with E-state index >= 15 is 0 Å². The number of nitrogens with zero attached hydrogens (tertiary/aromatic N) is 3. The number of rotatable bonds is 3. The Bertz CT molecular complexity index is 556. The third-order valence-corrected chi connectivity index (χ3v) is 4.84. The van der Waals surface area contributed by atoms with Crippen molar-refractivity contribution in [1.82, 2.24) is 14.2 Å². The highest BCUT2D eigenvalue weighted by molar-refractivity contribution is 7.90. The van der Waals surface area contributed by atoms with Gasteiger partial charge in [0.15, 0.2) is 5.15 Å². The van der Waals surface area contributed by atoms with Gasteiger partial charge >= 0.3 is 10.2 Å². The highest BCUT2D eigenvalue weighted by Gasteiger charge is 2.26. The van der Waals surface area contributed by atoms with E-state index in [1.165, 1.54) is 4.31 Å². The highest BCUT2D eigenvalue weighted by atomic mass is 35.5. The van der Waals surface area contributed by atoms with Crippen molar-refractivity contribution >= 4 is 27.5 Å². The summed E-state index contributed by atoms with van der Waals surface area (Å²) in [4.78, 5) is 6.02. The fourth-order valence-electron chi connectivity index (χ4n) is 1.86. The molecule has 1 aromatic heterocycles. The summed E-state index contributed by atoms with van der Waals surface area (Å²) in [5.41, 5.74) is 1.17. The predicted octanol–water partition coefficient (Wildman–Crippen LogP) is 0.948. The molecule has 2 rings (SSSR count). The molecule has 1 saturated heterocycles. The molecule has 0 amide bonds. The first kappa shape index (κ1) is 14.5. The molecule has 0 bridgehead atoms. The summed E-state index contributed by atoms with van der Waals surface area (Å²) in [5, 5.41) is 0.156. The van der Waals surface area contributed by atoms with E-state index in [9.17, 15) is 8.42 Å². The molecule has 0 radical (unpaired) electrons. The number of likely N-dealkylation sites (N-methyl/N-ethyl adjacent to an activating group) is 1. The van der Waals surface area contributed by atoms with Gasteiger partial charge in [-0.15, -0.1) is 0 Å². The fraction of sp³-hybridized carbons (Fsp3) is 0.545. The van der Waals surface area contributed by atoms with Gasteiger partial charge in [0.25, 0.3) is 0 Å². The van der Waals surface area contributed by atoms with Gasteiger partial charge in [0, 0.05) is 32.4 Å². The largest absolute Gasteiger partial charge is 0.304 e. The average molecular weight is 305 g/mol. The van der Waals surface area contributed by atoms with Crippen LogP contribution in [0.5, 0.6) is 0 Å². The molecule has 0 atom stereocenters. The van der Waals surface area contributed by atoms with Crippen LogP contribution >= 0.6 is 11.6 Å². The molecule has 19 heavy (non-hydrogen) atoms. The molecule has 1 aromatic rings. The summed E-state index contributed by atoms with van der Waals surface area (Å²) in [7, 11) is -1.60. The molecule has 1 aliphatic heterocycles. The van der Waals surface area contributed by atoms with Crippen LogP contribution in [0.1, 0.15) is 5.56 Å². The maximum Gasteiger partial charge on any atom is 0.301 e. The number of nitrogens with one attached hydrogen (secondary N) is 1. The summed E-state index contributed by atoms with van der Waals surface area (Å²) in [6.45, 7) is 4.23. The molecule has 0 saturated carbocycles. The van der Waals surface area contributed by atoms with Gasteiger partial charge in [-0.05, 0) is 25.6 Å². The summed E-state index contributed by atoms with van der Waals surface area (Å²) in [6.07, 6.45) is 1.59. The van der Waals surface area contributed by atoms with Crippen LogP contribution in [0.4, 0.5) is 5.69 Å². The number of hydrogen-bond donors (Lipinski definition) is 1. The second kappa shape index (κ2) is 5.62. The Hall–Kier alpha value is -0.890. The third kappa shape index (κ3) is 3.56. The van der Waals surface area contributed by atoms with Crippen LogP contribution in [-0.2, 0) is 10.2 Å². The van der Waals surface area contributed by atoms with E-state index in [4.69, 9.17) is 11.6 Å². The van der Waals surface area contributed by atoms with Crippen molar-refractivity contribution in [2.75, 3.05) is 37.9 Å². The first-order valence-electron chi connectivity index (χ1n) is 5.97. The summed E-state index contributed by atoms with van der Waals surface area (Å²) < 4.78 is 28.4. The van der Waals surface area contributed by atoms with Gasteiger partial charge in [-0.25, -0.2) is 4.98 Å². The normalized spacial score (nSPS) is 18.5. The molecule has 0 unspecified atom stereocenters. The Balaban J connectivity index is 2.15. The summed E-state index contributed by atoms with van der Waals surface area (Å²) in [6, 6.07) is 1.67. The molecule has 106 valence electrons. The van der Waals surface area contributed by atoms with Crippen LogP contribution in [0.2, 0.25) is 5.15 Å². The zero-order chi connectivity index (χ0) is 14.0. The number of piperazine rings is 1. The van der Waals surface area contributed by atoms with Crippen molar-refractivity contribution in [2.45, 2.75) is 6.92 Å². The lowest BCUT2D eigenvalue weighted by atomic mass is 10.3. The average Bonchev–Trinajstić information content (AvgIpc) is 2.34. The van der Waals surface area contributed by atoms with Gasteiger partial charge in [0.1, 0.15) is 0 Å². The molecule has 8 heteroatoms. The van der Waals surface area contributed by atoms with Crippen LogP contribution < -0.4 is 4.72 Å². The molecule has 0 spiro atoms. The van der Waals surface area contributed by atoms with Gasteiger partial charge in [-0.2, -0.15) is 12.7 Å². The van der Waals surface area contributed by atoms with Crippen LogP contribution in [0.25, 0.3) is 0 Å². The van der Waals surface area contributed by atoms with E-state index < -0.39 is 10.2 Å². The van der Waals surface area contributed by atoms with E-state index in [0.717, 1.165) is 18.7 Å². The number of pyridine rings is 1. The third-order valence-electron chi connectivity index (χ3n) is 3.02. The minimum atomic E-state index is -3.57. The number of hydrogen-bond acceptors (Lipinski definition) is 4. The molecular weight excluding hydrogens is 288 g/mol. The first-order chi connectivity index (χ1) is 8.88. The second-order valence-corrected chi connectivity index (χ2v) is 6.69. The topological polar surface area (TPSA) is 65.5 Å². The molecule has 1 aliphatic rings. The fourth-order valence-corrected chi connectivity index (χ4v) is 3.27. The molecule has 0 aromatic carbocycles. The van der Waals surface area contributed by atoms with E-state index in [2.05, 4.69) is 14.6 Å². The number of halogens is 1. The van der Waals surface area contributed by atoms with Crippen LogP contribution in [-0.4, -0.2) is 55.8 Å². The van der Waals surface area contributed by atoms with E-state index in [0.29, 0.717) is 18.8 Å². The van der Waals surface area contributed by atoms with Crippen molar-refractivity contribution in [3.8, 4) is 0 Å². The quantitative estimate of drug-likeness (QED) is 0.844. The molecule has 6 nitrogen and oxygen atoms in total. The van der Waals surface area contributed by atoms with Gasteiger partial charge in [0.2, 0.25) is 0 Å². The van der Waals surface area contributed by atoms with Crippen LogP contribution in [0.3, 0.4) is 0 Å². The Kier molecular flexibility index (Phi) is 4.29. The van der Waals surface area contributed by atoms with E-state index in [-0.39, 0.29) is 5.15 Å². The molecular formula is C11H17ClN4O2S. The highest BCUT2D eigenvalue weighted by Crippen LogP contribution is 2.22. The zero-order valence-corrected chi connectivity index (χ0v) is 12.5. The maximum absolute atomic E-state index is 12.2. The summed E-state index contributed by atoms with van der Waals surface area (Å²) >= 11 is 5.90. The second-order valence-electron chi connectivity index (χ2n) is 4.66. The lowest BCUT2D eigenvalue weighted by Crippen LogP contribution is -2.48. The minimum absolute atomic E-state index is 0.156. The lowest BCUT2D eigenvalue weighted by molar-refractivity contribution is 0.223. The van der Waals surface area contributed by atoms with Crippen molar-refractivity contribution in [2.24, 2.45) is 0 Å². The lowest BCUT2D eigenvalue weighted by Gasteiger charge is -2.31. The monoisotopic (exact) mass is 304 g/mol. The van der Waals surface area contributed by atoms with Crippen LogP contribution in [0.15, 0.2) is 12.3 Å². The number of aromatic nitrogens is 1. The van der Waals surface area contributed by atoms with Gasteiger partial charge in [-0.3, -0.25) is 4.72 Å². The minimum Gasteiger partial charge on any atom is -0.304 e. The van der Waals surface area contributed by atoms with Crippen molar-refractivity contribution in [1.29, 1.82) is 0 Å². The Morgan fingerprint density at radius 3 is 2.58 bits per heavy atom. The Labute approximate surface area is 118 Å². The Morgan fingerprint density at radius 2 is 1.95 bits per heavy atom. The standard InChI is InChI=1S/C11H17ClN4O2S/c1-9-7-10(11(12)13-8-9)14-19(17,18)16-5-3-15(2)4-6-16/h7-8,14H,3-6H2,1-2H3. The van der Waals surface area contributed by atoms with E-state index in [1.54, 1.807) is 12.3 Å². The van der Waals surface area contributed by atoms with Gasteiger partial charge in [-0.1, -0.05) is 11.6 Å². The molecule has 0 aliphatic carbocycles. The first-order valence-corrected chi connectivity index (χ1v) is 7.79.